The van der Waals surface area contributed by atoms with Crippen LogP contribution < -0.4 is 4.68 Å². The van der Waals surface area contributed by atoms with Crippen molar-refractivity contribution in [3.63, 3.8) is 0 Å². The summed E-state index contributed by atoms with van der Waals surface area (Å²) < 4.78 is 0.993. The average Bonchev–Trinajstić information content (AvgIpc) is 2.80. The molecule has 0 aliphatic rings. The molecule has 0 bridgehead atoms. The molecule has 20 heavy (non-hydrogen) atoms. The van der Waals surface area contributed by atoms with Gasteiger partial charge in [0.15, 0.2) is 5.43 Å². The summed E-state index contributed by atoms with van der Waals surface area (Å²) in [4.78, 5) is 30.9. The van der Waals surface area contributed by atoms with E-state index in [0.29, 0.717) is 9.19 Å². The van der Waals surface area contributed by atoms with Gasteiger partial charge in [-0.25, -0.2) is 30.4 Å². The first-order valence-corrected chi connectivity index (χ1v) is 4.36. The number of hydrogen-bond donors (Lipinski definition) is 1. The van der Waals surface area contributed by atoms with Crippen molar-refractivity contribution in [3.8, 4) is 0 Å². The number of nitrogens with zero attached hydrogens (tertiary/aromatic N) is 10. The zero-order valence-corrected chi connectivity index (χ0v) is 8.92. The number of aromatic nitrogens is 5. The molecule has 0 amide bonds. The third-order valence-corrected chi connectivity index (χ3v) is 1.74. The van der Waals surface area contributed by atoms with E-state index in [-0.39, 0.29) is 0 Å². The van der Waals surface area contributed by atoms with Crippen LogP contribution >= 0.6 is 0 Å². The van der Waals surface area contributed by atoms with Gasteiger partial charge in [0.05, 0.1) is 0 Å². The molecule has 2 rings (SSSR count). The van der Waals surface area contributed by atoms with E-state index in [1.807, 2.05) is 0 Å². The molecular weight excluding hydrogens is 286 g/mol. The Hall–Kier alpha value is -3.79. The highest BCUT2D eigenvalue weighted by molar-refractivity contribution is 5.38. The van der Waals surface area contributed by atoms with Gasteiger partial charge in [-0.2, -0.15) is 5.10 Å². The van der Waals surface area contributed by atoms with Gasteiger partial charge < -0.3 is 15.6 Å². The van der Waals surface area contributed by atoms with Crippen LogP contribution in [-0.2, 0) is 0 Å². The summed E-state index contributed by atoms with van der Waals surface area (Å²) in [6.07, 6.45) is 0. The van der Waals surface area contributed by atoms with Crippen LogP contribution in [-0.4, -0.2) is 34.9 Å². The lowest BCUT2D eigenvalue weighted by atomic mass is 11.0. The Bertz CT molecular complexity index is 698. The topological polar surface area (TPSA) is 222 Å². The Kier molecular flexibility index (Phi) is 2.83. The molecule has 0 aliphatic carbocycles. The van der Waals surface area contributed by atoms with E-state index in [1.165, 1.54) is 0 Å². The van der Waals surface area contributed by atoms with Crippen molar-refractivity contribution in [1.82, 2.24) is 19.8 Å². The fourth-order valence-corrected chi connectivity index (χ4v) is 1.18. The molecule has 0 saturated carbocycles. The number of fused-ring (bicyclic) bond motifs is 1. The molecule has 0 saturated heterocycles. The van der Waals surface area contributed by atoms with E-state index in [2.05, 4.69) is 31.7 Å². The lowest BCUT2D eigenvalue weighted by Gasteiger charge is -2.18. The lowest BCUT2D eigenvalue weighted by Crippen LogP contribution is -2.32. The maximum absolute atomic E-state index is 10.3. The Balaban J connectivity index is 2.53. The van der Waals surface area contributed by atoms with Gasteiger partial charge in [-0.1, -0.05) is 0 Å². The van der Waals surface area contributed by atoms with E-state index < -0.39 is 32.8 Å². The average molecular weight is 287 g/mol. The Morgan fingerprint density at radius 3 is 2.25 bits per heavy atom. The first kappa shape index (κ1) is 12.7. The van der Waals surface area contributed by atoms with Gasteiger partial charge in [-0.3, -0.25) is 4.68 Å². The van der Waals surface area contributed by atoms with Crippen molar-refractivity contribution in [1.29, 1.82) is 0 Å². The van der Waals surface area contributed by atoms with Crippen LogP contribution in [0.4, 0.5) is 11.9 Å². The molecule has 17 heteroatoms. The van der Waals surface area contributed by atoms with Gasteiger partial charge >= 0.3 is 11.7 Å². The molecule has 0 fully saturated rings. The number of rotatable bonds is 6. The highest BCUT2D eigenvalue weighted by atomic mass is 16.7. The zero-order valence-electron chi connectivity index (χ0n) is 8.92. The van der Waals surface area contributed by atoms with Crippen molar-refractivity contribution in [2.75, 3.05) is 0 Å². The molecule has 106 valence electrons. The Labute approximate surface area is 105 Å². The van der Waals surface area contributed by atoms with Gasteiger partial charge in [0.25, 0.3) is 0 Å². The third kappa shape index (κ3) is 2.25. The normalized spacial score (nSPS) is 10.2. The van der Waals surface area contributed by atoms with Crippen LogP contribution in [0, 0.1) is 30.3 Å². The van der Waals surface area contributed by atoms with Crippen molar-refractivity contribution in [3.05, 3.63) is 46.7 Å². The fourth-order valence-electron chi connectivity index (χ4n) is 1.18. The fraction of sp³-hybridized carbons (Fsp3) is 0. The molecule has 0 spiro atoms. The smallest absolute Gasteiger partial charge is 0.390 e. The van der Waals surface area contributed by atoms with Crippen molar-refractivity contribution in [2.45, 2.75) is 0 Å². The Morgan fingerprint density at radius 1 is 1.05 bits per heavy atom. The van der Waals surface area contributed by atoms with Crippen LogP contribution in [0.15, 0.2) is 0 Å². The predicted molar refractivity (Wildman–Crippen MR) is 53.3 cm³/mol. The summed E-state index contributed by atoms with van der Waals surface area (Å²) in [6.45, 7) is 0. The summed E-state index contributed by atoms with van der Waals surface area (Å²) >= 11 is 0. The summed E-state index contributed by atoms with van der Waals surface area (Å²) in [5.74, 6) is -1.78. The van der Waals surface area contributed by atoms with Gasteiger partial charge in [0.1, 0.15) is 5.03 Å². The van der Waals surface area contributed by atoms with E-state index in [0.717, 1.165) is 0 Å². The molecule has 1 N–H and O–H groups in total. The molecule has 2 aromatic rings. The van der Waals surface area contributed by atoms with E-state index in [9.17, 15) is 30.3 Å². The molecular formula is C3HN11O6-2. The second-order valence-electron chi connectivity index (χ2n) is 2.89. The number of H-pyrrole nitrogens is 1. The largest absolute Gasteiger partial charge is 0.445 e. The first-order valence-electron chi connectivity index (χ1n) is 4.36. The first-order chi connectivity index (χ1) is 9.38. The van der Waals surface area contributed by atoms with Crippen LogP contribution in [0.2, 0.25) is 0 Å². The molecule has 2 heterocycles. The number of nitrogens with one attached hydrogen (secondary N) is 1. The van der Waals surface area contributed by atoms with Crippen molar-refractivity contribution in [2.24, 2.45) is 0 Å². The van der Waals surface area contributed by atoms with Crippen molar-refractivity contribution >= 4 is 17.7 Å². The molecule has 17 nitrogen and oxygen atoms in total. The third-order valence-electron chi connectivity index (χ3n) is 1.74. The van der Waals surface area contributed by atoms with Gasteiger partial charge in [0, 0.05) is 0 Å². The Morgan fingerprint density at radius 2 is 1.70 bits per heavy atom. The molecule has 2 aromatic heterocycles. The van der Waals surface area contributed by atoms with Crippen LogP contribution in [0.5, 0.6) is 0 Å². The summed E-state index contributed by atoms with van der Waals surface area (Å²) in [7, 11) is 0. The monoisotopic (exact) mass is 287 g/mol. The van der Waals surface area contributed by atoms with E-state index in [1.54, 1.807) is 0 Å². The SMILES string of the molecule is O=[N+]([O-])[N-]c1nnc2n1[nH]c([N-][N+](=O)[O-])[n+]2[N-][N+](=O)[O-]. The van der Waals surface area contributed by atoms with Crippen LogP contribution in [0.25, 0.3) is 22.2 Å². The lowest BCUT2D eigenvalue weighted by molar-refractivity contribution is -0.714. The second kappa shape index (κ2) is 4.47. The minimum absolute atomic E-state index is 0.328. The second-order valence-corrected chi connectivity index (χ2v) is 2.89. The molecule has 0 unspecified atom stereocenters. The number of nitro groups is 3. The highest BCUT2D eigenvalue weighted by Gasteiger charge is 2.23. The highest BCUT2D eigenvalue weighted by Crippen LogP contribution is 2.18. The quantitative estimate of drug-likeness (QED) is 0.395. The zero-order chi connectivity index (χ0) is 14.9. The maximum atomic E-state index is 10.3. The predicted octanol–water partition coefficient (Wildman–Crippen LogP) is -0.933. The number of aromatic amines is 1. The van der Waals surface area contributed by atoms with Gasteiger partial charge in [0.2, 0.25) is 11.0 Å². The molecule has 0 radical (unpaired) electrons. The van der Waals surface area contributed by atoms with Crippen LogP contribution in [0.1, 0.15) is 0 Å². The molecule has 0 aliphatic heterocycles. The minimum Gasteiger partial charge on any atom is -0.445 e. The maximum Gasteiger partial charge on any atom is 0.390 e. The number of hydrogen-bond acceptors (Lipinski definition) is 8. The van der Waals surface area contributed by atoms with Gasteiger partial charge in [-0.15, -0.1) is 9.61 Å². The van der Waals surface area contributed by atoms with Crippen molar-refractivity contribution < 1.29 is 19.8 Å². The molecule has 0 atom stereocenters. The van der Waals surface area contributed by atoms with Gasteiger partial charge in [-0.05, 0) is 5.43 Å². The summed E-state index contributed by atoms with van der Waals surface area (Å²) in [6, 6.07) is 0. The summed E-state index contributed by atoms with van der Waals surface area (Å²) in [5.41, 5.74) is 8.35. The summed E-state index contributed by atoms with van der Waals surface area (Å²) in [5, 5.41) is 36.1. The van der Waals surface area contributed by atoms with E-state index >= 15 is 0 Å². The minimum atomic E-state index is -1.17. The van der Waals surface area contributed by atoms with Crippen LogP contribution in [0.3, 0.4) is 0 Å². The molecule has 0 aromatic carbocycles. The standard InChI is InChI=1S/C3HN11O6/c15-12(16)7-1-4-5-3-10(1)6-2(8-13(17)18)11(3)9-14(19)20/h6H/q-2. The van der Waals surface area contributed by atoms with E-state index in [4.69, 9.17) is 0 Å².